The third kappa shape index (κ3) is 5.41. The quantitative estimate of drug-likeness (QED) is 0.449. The molecular formula is C10H27O3PSi. The molecule has 0 aliphatic rings. The minimum absolute atomic E-state index is 0.0831. The summed E-state index contributed by atoms with van der Waals surface area (Å²) in [5.74, 6) is 0. The van der Waals surface area contributed by atoms with Gasteiger partial charge in [0.2, 0.25) is 0 Å². The number of hydrogen-bond acceptors (Lipinski definition) is 3. The first-order valence-electron chi connectivity index (χ1n) is 5.65. The van der Waals surface area contributed by atoms with Gasteiger partial charge in [0.15, 0.2) is 0 Å². The van der Waals surface area contributed by atoms with Crippen LogP contribution in [0, 0.1) is 0 Å². The number of hydrogen-bond donors (Lipinski definition) is 1. The van der Waals surface area contributed by atoms with Gasteiger partial charge in [-0.1, -0.05) is 0 Å². The zero-order valence-corrected chi connectivity index (χ0v) is 13.1. The average Bonchev–Trinajstić information content (AvgIpc) is 2.01. The van der Waals surface area contributed by atoms with Crippen molar-refractivity contribution < 1.29 is 13.8 Å². The molecule has 0 atom stereocenters. The molecule has 15 heavy (non-hydrogen) atoms. The minimum atomic E-state index is -2.10. The van der Waals surface area contributed by atoms with Gasteiger partial charge in [-0.05, 0) is 0 Å². The maximum atomic E-state index is 8.75. The van der Waals surface area contributed by atoms with Crippen molar-refractivity contribution in [2.24, 2.45) is 0 Å². The predicted molar refractivity (Wildman–Crippen MR) is 71.6 cm³/mol. The molecule has 3 nitrogen and oxygen atoms in total. The Morgan fingerprint density at radius 2 is 1.80 bits per heavy atom. The summed E-state index contributed by atoms with van der Waals surface area (Å²) in [6.45, 7) is 13.8. The van der Waals surface area contributed by atoms with Gasteiger partial charge >= 0.3 is 95.9 Å². The van der Waals surface area contributed by atoms with Crippen molar-refractivity contribution in [1.29, 1.82) is 0 Å². The van der Waals surface area contributed by atoms with E-state index < -0.39 is 16.8 Å². The van der Waals surface area contributed by atoms with Gasteiger partial charge in [-0.2, -0.15) is 0 Å². The van der Waals surface area contributed by atoms with Gasteiger partial charge in [-0.15, -0.1) is 0 Å². The first-order valence-corrected chi connectivity index (χ1v) is 10.8. The predicted octanol–water partition coefficient (Wildman–Crippen LogP) is 2.39. The molecule has 0 saturated carbocycles. The third-order valence-corrected chi connectivity index (χ3v) is 9.67. The fourth-order valence-electron chi connectivity index (χ4n) is 1.21. The van der Waals surface area contributed by atoms with Gasteiger partial charge in [0.05, 0.1) is 0 Å². The van der Waals surface area contributed by atoms with Crippen molar-refractivity contribution in [3.63, 3.8) is 0 Å². The Kier molecular flexibility index (Phi) is 6.53. The van der Waals surface area contributed by atoms with E-state index in [1.54, 1.807) is 0 Å². The van der Waals surface area contributed by atoms with E-state index in [9.17, 15) is 0 Å². The Morgan fingerprint density at radius 3 is 2.13 bits per heavy atom. The summed E-state index contributed by atoms with van der Waals surface area (Å²) < 4.78 is 12.1. The molecule has 0 radical (unpaired) electrons. The fraction of sp³-hybridized carbons (Fsp3) is 1.00. The summed E-state index contributed by atoms with van der Waals surface area (Å²) in [5, 5.41) is 8.83. The normalized spacial score (nSPS) is 14.7. The van der Waals surface area contributed by atoms with E-state index in [-0.39, 0.29) is 11.8 Å². The van der Waals surface area contributed by atoms with E-state index in [1.807, 2.05) is 0 Å². The van der Waals surface area contributed by atoms with Crippen LogP contribution >= 0.6 is 7.72 Å². The summed E-state index contributed by atoms with van der Waals surface area (Å²) in [5.41, 5.74) is 0. The summed E-state index contributed by atoms with van der Waals surface area (Å²) >= 11 is 0. The Hall–Kier alpha value is 0.527. The van der Waals surface area contributed by atoms with E-state index in [2.05, 4.69) is 40.5 Å². The van der Waals surface area contributed by atoms with E-state index in [0.717, 1.165) is 0 Å². The number of aliphatic hydroxyl groups is 1. The second-order valence-electron chi connectivity index (χ2n) is 5.29. The Balaban J connectivity index is 4.42. The van der Waals surface area contributed by atoms with Crippen LogP contribution in [-0.2, 0) is 8.74 Å². The molecule has 0 amide bonds. The van der Waals surface area contributed by atoms with Crippen LogP contribution in [-0.4, -0.2) is 39.2 Å². The van der Waals surface area contributed by atoms with Crippen LogP contribution in [0.25, 0.3) is 0 Å². The summed E-state index contributed by atoms with van der Waals surface area (Å²) in [6.07, 6.45) is 0.696. The fourth-order valence-corrected chi connectivity index (χ4v) is 7.46. The molecule has 0 bridgehead atoms. The van der Waals surface area contributed by atoms with Crippen molar-refractivity contribution in [2.45, 2.75) is 45.4 Å². The Labute approximate surface area is 96.4 Å². The van der Waals surface area contributed by atoms with Crippen molar-refractivity contribution in [3.8, 4) is 0 Å². The van der Waals surface area contributed by atoms with Crippen LogP contribution in [0.15, 0.2) is 0 Å². The van der Waals surface area contributed by atoms with E-state index in [4.69, 9.17) is 13.8 Å². The molecule has 0 aliphatic heterocycles. The van der Waals surface area contributed by atoms with Crippen LogP contribution in [0.4, 0.5) is 0 Å². The van der Waals surface area contributed by atoms with E-state index in [0.29, 0.717) is 13.0 Å². The molecule has 0 rings (SSSR count). The number of aliphatic hydroxyl groups excluding tert-OH is 1. The molecule has 5 heteroatoms. The zero-order valence-electron chi connectivity index (χ0n) is 11.0. The SMILES string of the molecule is C[SiH](C)O[PH](C)(OCCCO)C(C)(C)C. The molecular weight excluding hydrogens is 227 g/mol. The second kappa shape index (κ2) is 6.31. The molecule has 0 spiro atoms. The molecule has 0 aliphatic carbocycles. The Bertz CT molecular complexity index is 182. The molecule has 0 aromatic heterocycles. The van der Waals surface area contributed by atoms with Gasteiger partial charge in [0, 0.05) is 0 Å². The zero-order chi connectivity index (χ0) is 12.1. The van der Waals surface area contributed by atoms with Gasteiger partial charge in [0.25, 0.3) is 0 Å². The van der Waals surface area contributed by atoms with E-state index in [1.165, 1.54) is 0 Å². The van der Waals surface area contributed by atoms with Crippen LogP contribution in [0.2, 0.25) is 13.1 Å². The molecule has 0 fully saturated rings. The van der Waals surface area contributed by atoms with Crippen LogP contribution < -0.4 is 0 Å². The standard InChI is InChI=1S/C10H27O3PSi/c1-10(2,3)14(4,13-15(5)6)12-9-7-8-11/h11,14-15H,7-9H2,1-6H3. The van der Waals surface area contributed by atoms with Crippen molar-refractivity contribution in [3.05, 3.63) is 0 Å². The van der Waals surface area contributed by atoms with Gasteiger partial charge < -0.3 is 0 Å². The van der Waals surface area contributed by atoms with Crippen LogP contribution in [0.3, 0.4) is 0 Å². The van der Waals surface area contributed by atoms with E-state index >= 15 is 0 Å². The first kappa shape index (κ1) is 15.5. The second-order valence-corrected chi connectivity index (χ2v) is 12.0. The molecule has 1 N–H and O–H groups in total. The van der Waals surface area contributed by atoms with Gasteiger partial charge in [-0.25, -0.2) is 0 Å². The van der Waals surface area contributed by atoms with Gasteiger partial charge in [-0.3, -0.25) is 0 Å². The molecule has 94 valence electrons. The van der Waals surface area contributed by atoms with Gasteiger partial charge in [0.1, 0.15) is 0 Å². The van der Waals surface area contributed by atoms with Crippen LogP contribution in [0.1, 0.15) is 27.2 Å². The summed E-state index contributed by atoms with van der Waals surface area (Å²) in [4.78, 5) is 0. The molecule has 0 unspecified atom stereocenters. The average molecular weight is 254 g/mol. The topological polar surface area (TPSA) is 38.7 Å². The number of rotatable bonds is 6. The maximum absolute atomic E-state index is 8.75. The molecule has 0 aromatic rings. The van der Waals surface area contributed by atoms with Crippen molar-refractivity contribution in [2.75, 3.05) is 19.9 Å². The summed E-state index contributed by atoms with van der Waals surface area (Å²) in [6, 6.07) is 0. The van der Waals surface area contributed by atoms with Crippen molar-refractivity contribution in [1.82, 2.24) is 0 Å². The molecule has 0 heterocycles. The monoisotopic (exact) mass is 254 g/mol. The third-order valence-electron chi connectivity index (χ3n) is 2.50. The molecule has 0 aromatic carbocycles. The molecule has 0 saturated heterocycles. The van der Waals surface area contributed by atoms with Crippen LogP contribution in [0.5, 0.6) is 0 Å². The Morgan fingerprint density at radius 1 is 1.27 bits per heavy atom. The first-order chi connectivity index (χ1) is 6.73. The van der Waals surface area contributed by atoms with Crippen molar-refractivity contribution >= 4 is 16.8 Å². The summed E-state index contributed by atoms with van der Waals surface area (Å²) in [7, 11) is -3.17.